The summed E-state index contributed by atoms with van der Waals surface area (Å²) in [5, 5.41) is 13.8. The van der Waals surface area contributed by atoms with E-state index < -0.39 is 16.9 Å². The van der Waals surface area contributed by atoms with Crippen molar-refractivity contribution < 1.29 is 14.5 Å². The minimum Gasteiger partial charge on any atom is -0.327 e. The summed E-state index contributed by atoms with van der Waals surface area (Å²) in [6, 6.07) is 12.0. The summed E-state index contributed by atoms with van der Waals surface area (Å²) < 4.78 is 0. The van der Waals surface area contributed by atoms with Crippen LogP contribution in [0.5, 0.6) is 0 Å². The van der Waals surface area contributed by atoms with Crippen LogP contribution in [0, 0.1) is 10.1 Å². The van der Waals surface area contributed by atoms with Crippen LogP contribution in [-0.2, 0) is 4.79 Å². The number of hydrogen-bond donors (Lipinski definition) is 1. The van der Waals surface area contributed by atoms with Crippen molar-refractivity contribution in [3.63, 3.8) is 0 Å². The zero-order valence-corrected chi connectivity index (χ0v) is 15.8. The number of nitrogens with zero attached hydrogens (tertiary/aromatic N) is 2. The van der Waals surface area contributed by atoms with Gasteiger partial charge in [0.15, 0.2) is 0 Å². The second kappa shape index (κ2) is 9.14. The molecule has 0 heterocycles. The quantitative estimate of drug-likeness (QED) is 0.569. The lowest BCUT2D eigenvalue weighted by Crippen LogP contribution is -2.46. The fourth-order valence-electron chi connectivity index (χ4n) is 2.57. The number of amides is 2. The van der Waals surface area contributed by atoms with Gasteiger partial charge in [0.2, 0.25) is 5.91 Å². The lowest BCUT2D eigenvalue weighted by atomic mass is 10.1. The van der Waals surface area contributed by atoms with Crippen molar-refractivity contribution >= 4 is 34.8 Å². The van der Waals surface area contributed by atoms with Crippen molar-refractivity contribution in [2.75, 3.05) is 11.9 Å². The SMILES string of the molecule is CCCN(C(=O)c1ccc(Cl)c([N+](=O)[O-])c1)C(C)C(=O)Nc1ccccc1. The molecule has 0 spiro atoms. The Morgan fingerprint density at radius 3 is 2.48 bits per heavy atom. The van der Waals surface area contributed by atoms with Crippen molar-refractivity contribution in [2.24, 2.45) is 0 Å². The highest BCUT2D eigenvalue weighted by atomic mass is 35.5. The molecule has 8 heteroatoms. The number of nitro benzene ring substituents is 1. The van der Waals surface area contributed by atoms with Gasteiger partial charge in [0.1, 0.15) is 11.1 Å². The molecule has 2 rings (SSSR count). The van der Waals surface area contributed by atoms with Crippen LogP contribution in [0.4, 0.5) is 11.4 Å². The first-order chi connectivity index (χ1) is 12.8. The average Bonchev–Trinajstić information content (AvgIpc) is 2.66. The van der Waals surface area contributed by atoms with Crippen LogP contribution < -0.4 is 5.32 Å². The van der Waals surface area contributed by atoms with Crippen molar-refractivity contribution in [1.29, 1.82) is 0 Å². The standard InChI is InChI=1S/C19H20ClN3O4/c1-3-11-22(13(2)18(24)21-15-7-5-4-6-8-15)19(25)14-9-10-16(20)17(12-14)23(26)27/h4-10,12-13H,3,11H2,1-2H3,(H,21,24). The van der Waals surface area contributed by atoms with Crippen molar-refractivity contribution in [3.8, 4) is 0 Å². The second-order valence-corrected chi connectivity index (χ2v) is 6.36. The van der Waals surface area contributed by atoms with E-state index in [0.29, 0.717) is 18.7 Å². The molecule has 0 aliphatic rings. The maximum Gasteiger partial charge on any atom is 0.288 e. The summed E-state index contributed by atoms with van der Waals surface area (Å²) in [5.74, 6) is -0.807. The van der Waals surface area contributed by atoms with E-state index in [1.165, 1.54) is 17.0 Å². The minimum absolute atomic E-state index is 0.0477. The lowest BCUT2D eigenvalue weighted by molar-refractivity contribution is -0.384. The molecule has 2 aromatic carbocycles. The number of rotatable bonds is 7. The first kappa shape index (κ1) is 20.4. The van der Waals surface area contributed by atoms with Gasteiger partial charge in [-0.1, -0.05) is 36.7 Å². The molecule has 0 saturated carbocycles. The summed E-state index contributed by atoms with van der Waals surface area (Å²) in [7, 11) is 0. The van der Waals surface area contributed by atoms with E-state index in [9.17, 15) is 19.7 Å². The van der Waals surface area contributed by atoms with Crippen molar-refractivity contribution in [1.82, 2.24) is 4.90 Å². The van der Waals surface area contributed by atoms with Gasteiger partial charge in [0.25, 0.3) is 11.6 Å². The van der Waals surface area contributed by atoms with E-state index in [1.54, 1.807) is 31.2 Å². The Balaban J connectivity index is 2.25. The number of carbonyl (C=O) groups is 2. The van der Waals surface area contributed by atoms with Crippen LogP contribution in [0.25, 0.3) is 0 Å². The molecule has 7 nitrogen and oxygen atoms in total. The second-order valence-electron chi connectivity index (χ2n) is 5.95. The molecule has 0 bridgehead atoms. The zero-order chi connectivity index (χ0) is 20.0. The Hall–Kier alpha value is -2.93. The highest BCUT2D eigenvalue weighted by Gasteiger charge is 2.27. The molecule has 0 fully saturated rings. The smallest absolute Gasteiger partial charge is 0.288 e. The molecular formula is C19H20ClN3O4. The van der Waals surface area contributed by atoms with Gasteiger partial charge in [-0.2, -0.15) is 0 Å². The Morgan fingerprint density at radius 1 is 1.22 bits per heavy atom. The van der Waals surface area contributed by atoms with E-state index >= 15 is 0 Å². The Labute approximate surface area is 162 Å². The van der Waals surface area contributed by atoms with Crippen LogP contribution in [0.15, 0.2) is 48.5 Å². The maximum absolute atomic E-state index is 12.9. The third-order valence-corrected chi connectivity index (χ3v) is 4.32. The number of hydrogen-bond acceptors (Lipinski definition) is 4. The molecule has 0 saturated heterocycles. The predicted molar refractivity (Wildman–Crippen MR) is 104 cm³/mol. The summed E-state index contributed by atoms with van der Waals surface area (Å²) >= 11 is 5.81. The first-order valence-corrected chi connectivity index (χ1v) is 8.83. The number of carbonyl (C=O) groups excluding carboxylic acids is 2. The molecule has 1 unspecified atom stereocenters. The monoisotopic (exact) mass is 389 g/mol. The normalized spacial score (nSPS) is 11.5. The highest BCUT2D eigenvalue weighted by Crippen LogP contribution is 2.26. The van der Waals surface area contributed by atoms with Crippen LogP contribution in [-0.4, -0.2) is 34.2 Å². The highest BCUT2D eigenvalue weighted by molar-refractivity contribution is 6.32. The molecule has 1 N–H and O–H groups in total. The third kappa shape index (κ3) is 5.04. The van der Waals surface area contributed by atoms with Crippen LogP contribution >= 0.6 is 11.6 Å². The summed E-state index contributed by atoms with van der Waals surface area (Å²) in [6.45, 7) is 3.83. The molecule has 27 heavy (non-hydrogen) atoms. The Morgan fingerprint density at radius 2 is 1.89 bits per heavy atom. The first-order valence-electron chi connectivity index (χ1n) is 8.46. The van der Waals surface area contributed by atoms with E-state index in [-0.39, 0.29) is 22.2 Å². The lowest BCUT2D eigenvalue weighted by Gasteiger charge is -2.28. The number of nitrogens with one attached hydrogen (secondary N) is 1. The van der Waals surface area contributed by atoms with E-state index in [0.717, 1.165) is 6.07 Å². The van der Waals surface area contributed by atoms with Gasteiger partial charge in [-0.05, 0) is 37.6 Å². The van der Waals surface area contributed by atoms with Gasteiger partial charge in [0, 0.05) is 23.9 Å². The van der Waals surface area contributed by atoms with E-state index in [2.05, 4.69) is 5.32 Å². The molecule has 2 aromatic rings. The number of nitro groups is 1. The molecular weight excluding hydrogens is 370 g/mol. The number of para-hydroxylation sites is 1. The summed E-state index contributed by atoms with van der Waals surface area (Å²) in [6.07, 6.45) is 0.629. The molecule has 2 amide bonds. The van der Waals surface area contributed by atoms with Crippen molar-refractivity contribution in [3.05, 3.63) is 69.2 Å². The van der Waals surface area contributed by atoms with Crippen LogP contribution in [0.2, 0.25) is 5.02 Å². The van der Waals surface area contributed by atoms with Gasteiger partial charge in [0.05, 0.1) is 4.92 Å². The molecule has 1 atom stereocenters. The Bertz CT molecular complexity index is 842. The molecule has 0 radical (unpaired) electrons. The largest absolute Gasteiger partial charge is 0.327 e. The summed E-state index contributed by atoms with van der Waals surface area (Å²) in [5.41, 5.74) is 0.389. The van der Waals surface area contributed by atoms with Gasteiger partial charge < -0.3 is 10.2 Å². The fourth-order valence-corrected chi connectivity index (χ4v) is 2.76. The van der Waals surface area contributed by atoms with Gasteiger partial charge >= 0.3 is 0 Å². The number of halogens is 1. The minimum atomic E-state index is -0.757. The Kier molecular flexibility index (Phi) is 6.90. The third-order valence-electron chi connectivity index (χ3n) is 4.00. The predicted octanol–water partition coefficient (Wildman–Crippen LogP) is 4.13. The number of benzene rings is 2. The molecule has 0 aliphatic heterocycles. The van der Waals surface area contributed by atoms with Crippen LogP contribution in [0.3, 0.4) is 0 Å². The fraction of sp³-hybridized carbons (Fsp3) is 0.263. The molecule has 0 aliphatic carbocycles. The summed E-state index contributed by atoms with van der Waals surface area (Å²) in [4.78, 5) is 37.3. The maximum atomic E-state index is 12.9. The molecule has 142 valence electrons. The van der Waals surface area contributed by atoms with Gasteiger partial charge in [-0.3, -0.25) is 19.7 Å². The van der Waals surface area contributed by atoms with Crippen molar-refractivity contribution in [2.45, 2.75) is 26.3 Å². The topological polar surface area (TPSA) is 92.6 Å². The van der Waals surface area contributed by atoms with E-state index in [1.807, 2.05) is 13.0 Å². The van der Waals surface area contributed by atoms with Crippen LogP contribution in [0.1, 0.15) is 30.6 Å². The van der Waals surface area contributed by atoms with Gasteiger partial charge in [-0.15, -0.1) is 0 Å². The zero-order valence-electron chi connectivity index (χ0n) is 15.0. The average molecular weight is 390 g/mol. The number of anilines is 1. The van der Waals surface area contributed by atoms with E-state index in [4.69, 9.17) is 11.6 Å². The van der Waals surface area contributed by atoms with Gasteiger partial charge in [-0.25, -0.2) is 0 Å². The molecule has 0 aromatic heterocycles.